The average Bonchev–Trinajstić information content (AvgIpc) is 3.28. The number of rotatable bonds is 3. The Morgan fingerprint density at radius 2 is 1.80 bits per heavy atom. The predicted molar refractivity (Wildman–Crippen MR) is 117 cm³/mol. The molecule has 1 N–H and O–H groups in total. The second-order valence-corrected chi connectivity index (χ2v) is 9.72. The van der Waals surface area contributed by atoms with Crippen molar-refractivity contribution in [3.63, 3.8) is 0 Å². The lowest BCUT2D eigenvalue weighted by Gasteiger charge is -2.56. The lowest BCUT2D eigenvalue weighted by atomic mass is 9.64. The number of carbonyl (C=O) groups is 2. The van der Waals surface area contributed by atoms with Gasteiger partial charge in [0.1, 0.15) is 5.51 Å². The predicted octanol–water partition coefficient (Wildman–Crippen LogP) is 4.75. The molecule has 1 aliphatic heterocycles. The van der Waals surface area contributed by atoms with E-state index in [1.807, 2.05) is 24.3 Å². The van der Waals surface area contributed by atoms with Gasteiger partial charge < -0.3 is 4.90 Å². The van der Waals surface area contributed by atoms with Crippen LogP contribution in [0.4, 0.5) is 5.13 Å². The first-order chi connectivity index (χ1) is 14.7. The molecule has 2 heterocycles. The fraction of sp³-hybridized carbons (Fsp3) is 0.565. The Balaban J connectivity index is 1.63. The summed E-state index contributed by atoms with van der Waals surface area (Å²) in [5.74, 6) is -0.314. The molecule has 2 amide bonds. The minimum atomic E-state index is -0.444. The van der Waals surface area contributed by atoms with Gasteiger partial charge in [-0.2, -0.15) is 0 Å². The number of benzene rings is 1. The van der Waals surface area contributed by atoms with Gasteiger partial charge in [0.25, 0.3) is 5.91 Å². The molecule has 3 aliphatic rings. The van der Waals surface area contributed by atoms with Crippen LogP contribution in [0.25, 0.3) is 0 Å². The van der Waals surface area contributed by atoms with Crippen molar-refractivity contribution >= 4 is 28.3 Å². The third-order valence-electron chi connectivity index (χ3n) is 7.25. The van der Waals surface area contributed by atoms with Gasteiger partial charge in [0.2, 0.25) is 11.0 Å². The zero-order chi connectivity index (χ0) is 20.6. The van der Waals surface area contributed by atoms with Gasteiger partial charge in [-0.25, -0.2) is 0 Å². The zero-order valence-electron chi connectivity index (χ0n) is 17.2. The van der Waals surface area contributed by atoms with E-state index < -0.39 is 5.54 Å². The third kappa shape index (κ3) is 3.23. The molecule has 2 saturated carbocycles. The molecule has 2 fully saturated rings. The van der Waals surface area contributed by atoms with Gasteiger partial charge in [-0.3, -0.25) is 14.9 Å². The number of amides is 2. The summed E-state index contributed by atoms with van der Waals surface area (Å²) in [4.78, 5) is 29.8. The Bertz CT molecular complexity index is 917. The van der Waals surface area contributed by atoms with Crippen LogP contribution in [0, 0.1) is 0 Å². The molecule has 7 heteroatoms. The van der Waals surface area contributed by atoms with Crippen molar-refractivity contribution in [3.05, 3.63) is 40.9 Å². The number of nitrogens with one attached hydrogen (secondary N) is 1. The fourth-order valence-electron chi connectivity index (χ4n) is 6.06. The van der Waals surface area contributed by atoms with Gasteiger partial charge in [0.05, 0.1) is 11.5 Å². The maximum absolute atomic E-state index is 13.8. The standard InChI is InChI=1S/C23H28N4O2S/c28-20(25-22-26-24-15-30-22)19-17-11-5-6-12-18(17)21(29)27(16-9-3-1-4-10-16)23(19)13-7-2-8-14-23/h5-6,11-12,15-16,19H,1-4,7-10,13-14H2,(H,25,26,28)/t19-/m1/s1. The van der Waals surface area contributed by atoms with E-state index in [-0.39, 0.29) is 23.8 Å². The van der Waals surface area contributed by atoms with Gasteiger partial charge in [0, 0.05) is 11.6 Å². The van der Waals surface area contributed by atoms with Crippen LogP contribution in [-0.4, -0.2) is 38.5 Å². The molecule has 0 saturated heterocycles. The molecule has 2 aromatic rings. The van der Waals surface area contributed by atoms with Crippen molar-refractivity contribution in [2.45, 2.75) is 81.7 Å². The highest BCUT2D eigenvalue weighted by Gasteiger charge is 2.56. The lowest BCUT2D eigenvalue weighted by Crippen LogP contribution is -2.65. The number of hydrogen-bond donors (Lipinski definition) is 1. The molecular weight excluding hydrogens is 396 g/mol. The number of anilines is 1. The zero-order valence-corrected chi connectivity index (χ0v) is 18.0. The Hall–Kier alpha value is -2.28. The third-order valence-corrected chi connectivity index (χ3v) is 7.86. The highest BCUT2D eigenvalue weighted by molar-refractivity contribution is 7.13. The van der Waals surface area contributed by atoms with Crippen LogP contribution in [0.3, 0.4) is 0 Å². The van der Waals surface area contributed by atoms with Gasteiger partial charge in [-0.15, -0.1) is 10.2 Å². The number of hydrogen-bond acceptors (Lipinski definition) is 5. The molecule has 1 atom stereocenters. The summed E-state index contributed by atoms with van der Waals surface area (Å²) < 4.78 is 0. The summed E-state index contributed by atoms with van der Waals surface area (Å²) in [6.45, 7) is 0. The smallest absolute Gasteiger partial charge is 0.254 e. The fourth-order valence-corrected chi connectivity index (χ4v) is 6.50. The molecule has 0 bridgehead atoms. The summed E-state index contributed by atoms with van der Waals surface area (Å²) in [5.41, 5.74) is 2.74. The number of nitrogens with zero attached hydrogens (tertiary/aromatic N) is 3. The molecule has 6 nitrogen and oxygen atoms in total. The molecule has 2 aliphatic carbocycles. The molecule has 30 heavy (non-hydrogen) atoms. The van der Waals surface area contributed by atoms with E-state index in [9.17, 15) is 9.59 Å². The summed E-state index contributed by atoms with van der Waals surface area (Å²) in [7, 11) is 0. The number of carbonyl (C=O) groups excluding carboxylic acids is 2. The molecule has 1 aromatic heterocycles. The van der Waals surface area contributed by atoms with E-state index in [1.165, 1.54) is 24.2 Å². The highest BCUT2D eigenvalue weighted by Crippen LogP contribution is 2.51. The summed E-state index contributed by atoms with van der Waals surface area (Å²) in [6, 6.07) is 7.97. The van der Waals surface area contributed by atoms with E-state index in [4.69, 9.17) is 0 Å². The van der Waals surface area contributed by atoms with Crippen LogP contribution in [0.2, 0.25) is 0 Å². The SMILES string of the molecule is O=C(Nc1nncs1)[C@H]1c2ccccc2C(=O)N(C2CCCCC2)C12CCCCC2. The molecule has 1 spiro atoms. The first-order valence-corrected chi connectivity index (χ1v) is 12.1. The molecule has 1 aromatic carbocycles. The van der Waals surface area contributed by atoms with Crippen LogP contribution < -0.4 is 5.32 Å². The van der Waals surface area contributed by atoms with Gasteiger partial charge in [-0.1, -0.05) is 68.1 Å². The molecule has 5 rings (SSSR count). The van der Waals surface area contributed by atoms with Crippen LogP contribution in [0.15, 0.2) is 29.8 Å². The van der Waals surface area contributed by atoms with Crippen molar-refractivity contribution in [1.29, 1.82) is 0 Å². The summed E-state index contributed by atoms with van der Waals surface area (Å²) >= 11 is 1.33. The summed E-state index contributed by atoms with van der Waals surface area (Å²) in [6.07, 6.45) is 10.7. The molecule has 158 valence electrons. The second-order valence-electron chi connectivity index (χ2n) is 8.88. The quantitative estimate of drug-likeness (QED) is 0.771. The van der Waals surface area contributed by atoms with Gasteiger partial charge in [0.15, 0.2) is 0 Å². The van der Waals surface area contributed by atoms with Crippen LogP contribution in [-0.2, 0) is 4.79 Å². The molecular formula is C23H28N4O2S. The van der Waals surface area contributed by atoms with E-state index in [2.05, 4.69) is 20.4 Å². The van der Waals surface area contributed by atoms with Crippen molar-refractivity contribution in [2.24, 2.45) is 0 Å². The first kappa shape index (κ1) is 19.7. The lowest BCUT2D eigenvalue weighted by molar-refractivity contribution is -0.123. The van der Waals surface area contributed by atoms with E-state index in [0.29, 0.717) is 10.7 Å². The normalized spacial score (nSPS) is 23.9. The maximum Gasteiger partial charge on any atom is 0.254 e. The van der Waals surface area contributed by atoms with Crippen LogP contribution in [0.5, 0.6) is 0 Å². The Morgan fingerprint density at radius 3 is 2.53 bits per heavy atom. The topological polar surface area (TPSA) is 75.2 Å². The van der Waals surface area contributed by atoms with Gasteiger partial charge >= 0.3 is 0 Å². The van der Waals surface area contributed by atoms with E-state index in [0.717, 1.165) is 56.9 Å². The Morgan fingerprint density at radius 1 is 1.07 bits per heavy atom. The maximum atomic E-state index is 13.8. The highest BCUT2D eigenvalue weighted by atomic mass is 32.1. The first-order valence-electron chi connectivity index (χ1n) is 11.2. The van der Waals surface area contributed by atoms with Crippen molar-refractivity contribution in [3.8, 4) is 0 Å². The monoisotopic (exact) mass is 424 g/mol. The number of fused-ring (bicyclic) bond motifs is 1. The second kappa shape index (κ2) is 8.10. The summed E-state index contributed by atoms with van der Waals surface area (Å²) in [5, 5.41) is 11.4. The van der Waals surface area contributed by atoms with Gasteiger partial charge in [-0.05, 0) is 37.3 Å². The van der Waals surface area contributed by atoms with E-state index >= 15 is 0 Å². The largest absolute Gasteiger partial charge is 0.329 e. The molecule has 0 unspecified atom stereocenters. The van der Waals surface area contributed by atoms with Crippen LogP contribution in [0.1, 0.15) is 86.0 Å². The Kier molecular flexibility index (Phi) is 5.31. The van der Waals surface area contributed by atoms with Crippen LogP contribution >= 0.6 is 11.3 Å². The minimum Gasteiger partial charge on any atom is -0.329 e. The van der Waals surface area contributed by atoms with Crippen molar-refractivity contribution in [2.75, 3.05) is 5.32 Å². The Labute approximate surface area is 181 Å². The average molecular weight is 425 g/mol. The van der Waals surface area contributed by atoms with E-state index in [1.54, 1.807) is 5.51 Å². The van der Waals surface area contributed by atoms with Crippen molar-refractivity contribution < 1.29 is 9.59 Å². The minimum absolute atomic E-state index is 0.0607. The molecule has 0 radical (unpaired) electrons. The number of aromatic nitrogens is 2. The van der Waals surface area contributed by atoms with Crippen molar-refractivity contribution in [1.82, 2.24) is 15.1 Å².